The van der Waals surface area contributed by atoms with Gasteiger partial charge in [0, 0.05) is 30.7 Å². The molecule has 29 heavy (non-hydrogen) atoms. The maximum absolute atomic E-state index is 13.6. The lowest BCUT2D eigenvalue weighted by molar-refractivity contribution is -0.115. The van der Waals surface area contributed by atoms with Crippen LogP contribution in [0.4, 0.5) is 18.9 Å². The predicted octanol–water partition coefficient (Wildman–Crippen LogP) is 2.93. The van der Waals surface area contributed by atoms with Crippen LogP contribution >= 0.6 is 0 Å². The number of H-pyrrole nitrogens is 1. The normalized spacial score (nSPS) is 11.5. The Morgan fingerprint density at radius 2 is 1.86 bits per heavy atom. The molecule has 1 aromatic heterocycles. The van der Waals surface area contributed by atoms with Gasteiger partial charge in [-0.25, -0.2) is 13.2 Å². The number of para-hydroxylation sites is 1. The molecule has 2 aromatic carbocycles. The van der Waals surface area contributed by atoms with E-state index in [0.717, 1.165) is 35.0 Å². The van der Waals surface area contributed by atoms with Gasteiger partial charge in [0.2, 0.25) is 5.91 Å². The van der Waals surface area contributed by atoms with Gasteiger partial charge in [0.05, 0.1) is 12.2 Å². The third kappa shape index (κ3) is 4.87. The second-order valence-corrected chi connectivity index (χ2v) is 6.23. The maximum Gasteiger partial charge on any atom is 0.243 e. The van der Waals surface area contributed by atoms with Gasteiger partial charge in [0.25, 0.3) is 0 Å². The second-order valence-electron chi connectivity index (χ2n) is 6.23. The van der Waals surface area contributed by atoms with Gasteiger partial charge in [0.15, 0.2) is 23.4 Å². The first-order valence-electron chi connectivity index (χ1n) is 8.92. The fraction of sp³-hybridized carbons (Fsp3) is 0.200. The number of rotatable bonds is 6. The summed E-state index contributed by atoms with van der Waals surface area (Å²) in [5.41, 5.74) is 1.78. The summed E-state index contributed by atoms with van der Waals surface area (Å²) in [7, 11) is 1.55. The number of carbonyl (C=O) groups excluding carboxylic acids is 1. The average Bonchev–Trinajstić information content (AvgIpc) is 3.14. The van der Waals surface area contributed by atoms with E-state index in [9.17, 15) is 18.0 Å². The fourth-order valence-corrected chi connectivity index (χ4v) is 2.86. The number of guanidine groups is 1. The van der Waals surface area contributed by atoms with Crippen molar-refractivity contribution in [3.05, 3.63) is 65.6 Å². The molecule has 0 aliphatic carbocycles. The molecule has 0 atom stereocenters. The van der Waals surface area contributed by atoms with E-state index in [1.54, 1.807) is 7.05 Å². The number of anilines is 1. The second kappa shape index (κ2) is 9.13. The molecule has 0 bridgehead atoms. The first-order chi connectivity index (χ1) is 14.0. The van der Waals surface area contributed by atoms with Crippen LogP contribution < -0.4 is 16.0 Å². The summed E-state index contributed by atoms with van der Waals surface area (Å²) >= 11 is 0. The Morgan fingerprint density at radius 3 is 2.66 bits per heavy atom. The number of aliphatic imine (C=N–C) groups is 1. The van der Waals surface area contributed by atoms with Gasteiger partial charge in [-0.05, 0) is 30.2 Å². The van der Waals surface area contributed by atoms with Gasteiger partial charge >= 0.3 is 0 Å². The summed E-state index contributed by atoms with van der Waals surface area (Å²) in [6.45, 7) is 0.339. The molecule has 152 valence electrons. The van der Waals surface area contributed by atoms with Crippen LogP contribution in [0.2, 0.25) is 0 Å². The van der Waals surface area contributed by atoms with Crippen LogP contribution in [-0.4, -0.2) is 37.0 Å². The zero-order chi connectivity index (χ0) is 20.8. The maximum atomic E-state index is 13.6. The number of fused-ring (bicyclic) bond motifs is 1. The molecule has 3 rings (SSSR count). The van der Waals surface area contributed by atoms with Crippen molar-refractivity contribution in [3.63, 3.8) is 0 Å². The molecule has 0 saturated heterocycles. The molecule has 4 N–H and O–H groups in total. The Morgan fingerprint density at radius 1 is 1.07 bits per heavy atom. The molecule has 0 aliphatic heterocycles. The van der Waals surface area contributed by atoms with Crippen molar-refractivity contribution in [3.8, 4) is 0 Å². The molecule has 0 unspecified atom stereocenters. The van der Waals surface area contributed by atoms with Crippen molar-refractivity contribution in [2.24, 2.45) is 4.99 Å². The van der Waals surface area contributed by atoms with E-state index >= 15 is 0 Å². The summed E-state index contributed by atoms with van der Waals surface area (Å²) in [4.78, 5) is 19.2. The highest BCUT2D eigenvalue weighted by Gasteiger charge is 2.15. The van der Waals surface area contributed by atoms with Gasteiger partial charge in [-0.3, -0.25) is 9.79 Å². The zero-order valence-corrected chi connectivity index (χ0v) is 15.7. The SMILES string of the molecule is CN=C(NCCc1c[nH]c2ccccc12)NCC(=O)Nc1ccc(F)c(F)c1F. The Labute approximate surface area is 165 Å². The van der Waals surface area contributed by atoms with Crippen molar-refractivity contribution in [1.82, 2.24) is 15.6 Å². The number of benzene rings is 2. The molecule has 0 aliphatic rings. The summed E-state index contributed by atoms with van der Waals surface area (Å²) in [6.07, 6.45) is 2.68. The number of aromatic amines is 1. The lowest BCUT2D eigenvalue weighted by Crippen LogP contribution is -2.42. The van der Waals surface area contributed by atoms with E-state index in [-0.39, 0.29) is 6.54 Å². The molecule has 1 amide bonds. The fourth-order valence-electron chi connectivity index (χ4n) is 2.86. The Kier molecular flexibility index (Phi) is 6.38. The van der Waals surface area contributed by atoms with Gasteiger partial charge in [-0.15, -0.1) is 0 Å². The van der Waals surface area contributed by atoms with Gasteiger partial charge in [-0.1, -0.05) is 18.2 Å². The molecular weight excluding hydrogens is 383 g/mol. The van der Waals surface area contributed by atoms with Crippen molar-refractivity contribution in [2.45, 2.75) is 6.42 Å². The standard InChI is InChI=1S/C20H20F3N5O/c1-24-20(25-9-8-12-10-26-15-5-3-2-4-13(12)15)27-11-17(29)28-16-7-6-14(21)18(22)19(16)23/h2-7,10,26H,8-9,11H2,1H3,(H,28,29)(H2,24,25,27). The zero-order valence-electron chi connectivity index (χ0n) is 15.7. The molecule has 0 saturated carbocycles. The number of nitrogens with zero attached hydrogens (tertiary/aromatic N) is 1. The van der Waals surface area contributed by atoms with Crippen LogP contribution in [0, 0.1) is 17.5 Å². The highest BCUT2D eigenvalue weighted by Crippen LogP contribution is 2.19. The van der Waals surface area contributed by atoms with Crippen molar-refractivity contribution in [2.75, 3.05) is 25.5 Å². The minimum absolute atomic E-state index is 0.231. The van der Waals surface area contributed by atoms with Crippen molar-refractivity contribution >= 4 is 28.5 Å². The molecule has 6 nitrogen and oxygen atoms in total. The first-order valence-corrected chi connectivity index (χ1v) is 8.92. The third-order valence-electron chi connectivity index (χ3n) is 4.31. The summed E-state index contributed by atoms with van der Waals surface area (Å²) in [5, 5.41) is 9.19. The molecule has 0 fully saturated rings. The third-order valence-corrected chi connectivity index (χ3v) is 4.31. The lowest BCUT2D eigenvalue weighted by Gasteiger charge is -2.12. The summed E-state index contributed by atoms with van der Waals surface area (Å²) < 4.78 is 39.8. The smallest absolute Gasteiger partial charge is 0.243 e. The van der Waals surface area contributed by atoms with Crippen molar-refractivity contribution in [1.29, 1.82) is 0 Å². The van der Waals surface area contributed by atoms with Gasteiger partial charge in [0.1, 0.15) is 0 Å². The van der Waals surface area contributed by atoms with Crippen LogP contribution in [0.1, 0.15) is 5.56 Å². The number of carbonyl (C=O) groups is 1. The number of aromatic nitrogens is 1. The van der Waals surface area contributed by atoms with E-state index in [1.165, 1.54) is 0 Å². The largest absolute Gasteiger partial charge is 0.361 e. The Balaban J connectivity index is 1.48. The number of amides is 1. The molecule has 1 heterocycles. The summed E-state index contributed by atoms with van der Waals surface area (Å²) in [6, 6.07) is 9.68. The van der Waals surface area contributed by atoms with Gasteiger partial charge < -0.3 is 20.9 Å². The molecule has 0 spiro atoms. The van der Waals surface area contributed by atoms with E-state index in [4.69, 9.17) is 0 Å². The Hall–Kier alpha value is -3.49. The predicted molar refractivity (Wildman–Crippen MR) is 106 cm³/mol. The Bertz CT molecular complexity index is 1050. The molecule has 0 radical (unpaired) electrons. The minimum Gasteiger partial charge on any atom is -0.361 e. The number of halogens is 3. The monoisotopic (exact) mass is 403 g/mol. The number of nitrogens with one attached hydrogen (secondary N) is 4. The molecule has 3 aromatic rings. The molecular formula is C20H20F3N5O. The van der Waals surface area contributed by atoms with Crippen LogP contribution in [0.15, 0.2) is 47.6 Å². The lowest BCUT2D eigenvalue weighted by atomic mass is 10.1. The highest BCUT2D eigenvalue weighted by atomic mass is 19.2. The van der Waals surface area contributed by atoms with E-state index in [0.29, 0.717) is 12.5 Å². The van der Waals surface area contributed by atoms with Crippen LogP contribution in [0.25, 0.3) is 10.9 Å². The van der Waals surface area contributed by atoms with E-state index < -0.39 is 29.0 Å². The highest BCUT2D eigenvalue weighted by molar-refractivity contribution is 5.95. The average molecular weight is 403 g/mol. The first kappa shape index (κ1) is 20.2. The minimum atomic E-state index is -1.63. The van der Waals surface area contributed by atoms with Crippen molar-refractivity contribution < 1.29 is 18.0 Å². The van der Waals surface area contributed by atoms with Crippen LogP contribution in [-0.2, 0) is 11.2 Å². The number of hydrogen-bond acceptors (Lipinski definition) is 2. The van der Waals surface area contributed by atoms with Gasteiger partial charge in [-0.2, -0.15) is 0 Å². The van der Waals surface area contributed by atoms with Crippen LogP contribution in [0.3, 0.4) is 0 Å². The quantitative estimate of drug-likeness (QED) is 0.290. The topological polar surface area (TPSA) is 81.3 Å². The van der Waals surface area contributed by atoms with Crippen LogP contribution in [0.5, 0.6) is 0 Å². The molecule has 9 heteroatoms. The van der Waals surface area contributed by atoms with E-state index in [2.05, 4.69) is 25.9 Å². The van der Waals surface area contributed by atoms with E-state index in [1.807, 2.05) is 30.5 Å². The summed E-state index contributed by atoms with van der Waals surface area (Å²) in [5.74, 6) is -4.65. The number of hydrogen-bond donors (Lipinski definition) is 4.